The number of halogens is 1. The van der Waals surface area contributed by atoms with Gasteiger partial charge in [-0.05, 0) is 62.7 Å². The van der Waals surface area contributed by atoms with Gasteiger partial charge in [0, 0.05) is 10.7 Å². The van der Waals surface area contributed by atoms with E-state index in [4.69, 9.17) is 4.74 Å². The average Bonchev–Trinajstić information content (AvgIpc) is 2.34. The van der Waals surface area contributed by atoms with E-state index in [1.54, 1.807) is 46.9 Å². The molecule has 0 atom stereocenters. The number of carbonyl (C=O) groups is 2. The van der Waals surface area contributed by atoms with E-state index in [1.165, 1.54) is 0 Å². The maximum absolute atomic E-state index is 12.2. The number of nitrogens with one attached hydrogen (secondary N) is 2. The number of nitrogens with zero attached hydrogens (tertiary/aromatic N) is 1. The van der Waals surface area contributed by atoms with Gasteiger partial charge >= 0.3 is 6.09 Å². The molecule has 122 valence electrons. The lowest BCUT2D eigenvalue weighted by Gasteiger charge is -2.27. The van der Waals surface area contributed by atoms with E-state index in [9.17, 15) is 9.59 Å². The zero-order chi connectivity index (χ0) is 17.0. The number of pyridine rings is 1. The second-order valence-electron chi connectivity index (χ2n) is 6.37. The molecule has 7 heteroatoms. The summed E-state index contributed by atoms with van der Waals surface area (Å²) in [5, 5.41) is 5.30. The Balaban J connectivity index is 2.59. The molecule has 0 bridgehead atoms. The first-order valence-corrected chi connectivity index (χ1v) is 7.69. The van der Waals surface area contributed by atoms with Gasteiger partial charge in [0.15, 0.2) is 0 Å². The minimum Gasteiger partial charge on any atom is -0.444 e. The van der Waals surface area contributed by atoms with Crippen molar-refractivity contribution in [1.29, 1.82) is 0 Å². The number of amides is 2. The highest BCUT2D eigenvalue weighted by molar-refractivity contribution is 9.10. The number of rotatable bonds is 4. The van der Waals surface area contributed by atoms with Gasteiger partial charge in [-0.25, -0.2) is 4.79 Å². The molecule has 0 saturated carbocycles. The topological polar surface area (TPSA) is 80.3 Å². The molecule has 0 saturated heterocycles. The Morgan fingerprint density at radius 2 is 1.91 bits per heavy atom. The molecule has 2 N–H and O–H groups in total. The Bertz CT molecular complexity index is 553. The van der Waals surface area contributed by atoms with Crippen molar-refractivity contribution in [2.45, 2.75) is 52.3 Å². The Morgan fingerprint density at radius 3 is 2.45 bits per heavy atom. The summed E-state index contributed by atoms with van der Waals surface area (Å²) in [6, 6.07) is 3.64. The largest absolute Gasteiger partial charge is 0.444 e. The van der Waals surface area contributed by atoms with Gasteiger partial charge in [-0.3, -0.25) is 9.78 Å². The number of carbonyl (C=O) groups excluding carboxylic acids is 2. The fourth-order valence-corrected chi connectivity index (χ4v) is 1.94. The van der Waals surface area contributed by atoms with Crippen LogP contribution in [0.2, 0.25) is 0 Å². The van der Waals surface area contributed by atoms with Crippen LogP contribution in [0.5, 0.6) is 0 Å². The molecule has 2 amide bonds. The summed E-state index contributed by atoms with van der Waals surface area (Å²) >= 11 is 3.37. The molecule has 1 heterocycles. The molecule has 0 radical (unpaired) electrons. The van der Waals surface area contributed by atoms with E-state index in [0.717, 1.165) is 4.47 Å². The van der Waals surface area contributed by atoms with Crippen LogP contribution in [0, 0.1) is 0 Å². The fraction of sp³-hybridized carbons (Fsp3) is 0.533. The van der Waals surface area contributed by atoms with Gasteiger partial charge in [0.1, 0.15) is 11.1 Å². The molecule has 0 spiro atoms. The molecule has 0 fully saturated rings. The predicted molar refractivity (Wildman–Crippen MR) is 87.2 cm³/mol. The predicted octanol–water partition coefficient (Wildman–Crippen LogP) is 2.76. The summed E-state index contributed by atoms with van der Waals surface area (Å²) in [5.74, 6) is -0.323. The highest BCUT2D eigenvalue weighted by Gasteiger charge is 2.31. The zero-order valence-corrected chi connectivity index (χ0v) is 15.1. The van der Waals surface area contributed by atoms with E-state index in [2.05, 4.69) is 31.5 Å². The monoisotopic (exact) mass is 371 g/mol. The molecule has 6 nitrogen and oxygen atoms in total. The summed E-state index contributed by atoms with van der Waals surface area (Å²) < 4.78 is 5.97. The second kappa shape index (κ2) is 7.09. The van der Waals surface area contributed by atoms with Crippen molar-refractivity contribution >= 4 is 27.9 Å². The molecule has 1 aromatic heterocycles. The van der Waals surface area contributed by atoms with E-state index in [0.29, 0.717) is 5.69 Å². The van der Waals surface area contributed by atoms with Crippen molar-refractivity contribution < 1.29 is 14.3 Å². The molecule has 0 aliphatic rings. The number of hydrogen-bond donors (Lipinski definition) is 2. The highest BCUT2D eigenvalue weighted by atomic mass is 79.9. The lowest BCUT2D eigenvalue weighted by Crippen LogP contribution is -2.55. The molecular formula is C15H22BrN3O3. The SMILES string of the molecule is CC(C)(C)OC(=O)NC(C)(C)C(=O)NCc1ncccc1Br. The smallest absolute Gasteiger partial charge is 0.408 e. The molecule has 1 rings (SSSR count). The van der Waals surface area contributed by atoms with Crippen molar-refractivity contribution in [2.24, 2.45) is 0 Å². The third kappa shape index (κ3) is 6.01. The van der Waals surface area contributed by atoms with Crippen LogP contribution in [0.3, 0.4) is 0 Å². The summed E-state index contributed by atoms with van der Waals surface area (Å²) in [7, 11) is 0. The van der Waals surface area contributed by atoms with Crippen LogP contribution in [0.25, 0.3) is 0 Å². The highest BCUT2D eigenvalue weighted by Crippen LogP contribution is 2.13. The van der Waals surface area contributed by atoms with Crippen LogP contribution < -0.4 is 10.6 Å². The third-order valence-electron chi connectivity index (χ3n) is 2.63. The average molecular weight is 372 g/mol. The molecule has 0 unspecified atom stereocenters. The summed E-state index contributed by atoms with van der Waals surface area (Å²) in [6.07, 6.45) is 1.02. The molecule has 0 aromatic carbocycles. The quantitative estimate of drug-likeness (QED) is 0.852. The zero-order valence-electron chi connectivity index (χ0n) is 13.5. The van der Waals surface area contributed by atoms with Crippen LogP contribution in [-0.2, 0) is 16.1 Å². The summed E-state index contributed by atoms with van der Waals surface area (Å²) in [6.45, 7) is 8.77. The maximum atomic E-state index is 12.2. The number of alkyl carbamates (subject to hydrolysis) is 1. The third-order valence-corrected chi connectivity index (χ3v) is 3.35. The van der Waals surface area contributed by atoms with E-state index in [1.807, 2.05) is 6.07 Å². The van der Waals surface area contributed by atoms with Crippen molar-refractivity contribution in [3.05, 3.63) is 28.5 Å². The van der Waals surface area contributed by atoms with Gasteiger partial charge in [-0.2, -0.15) is 0 Å². The van der Waals surface area contributed by atoms with Gasteiger partial charge < -0.3 is 15.4 Å². The lowest BCUT2D eigenvalue weighted by molar-refractivity contribution is -0.126. The Morgan fingerprint density at radius 1 is 1.27 bits per heavy atom. The number of aromatic nitrogens is 1. The van der Waals surface area contributed by atoms with Crippen molar-refractivity contribution in [2.75, 3.05) is 0 Å². The lowest BCUT2D eigenvalue weighted by atomic mass is 10.1. The summed E-state index contributed by atoms with van der Waals surface area (Å²) in [5.41, 5.74) is -0.997. The van der Waals surface area contributed by atoms with Gasteiger partial charge in [0.25, 0.3) is 0 Å². The minimum absolute atomic E-state index is 0.264. The number of hydrogen-bond acceptors (Lipinski definition) is 4. The van der Waals surface area contributed by atoms with E-state index < -0.39 is 17.2 Å². The molecule has 0 aliphatic heterocycles. The van der Waals surface area contributed by atoms with Crippen LogP contribution in [0.4, 0.5) is 4.79 Å². The second-order valence-corrected chi connectivity index (χ2v) is 7.22. The first-order valence-electron chi connectivity index (χ1n) is 6.90. The first-order chi connectivity index (χ1) is 10.0. The Labute approximate surface area is 139 Å². The van der Waals surface area contributed by atoms with Crippen LogP contribution in [0.15, 0.2) is 22.8 Å². The Hall–Kier alpha value is -1.63. The molecule has 0 aliphatic carbocycles. The molecule has 22 heavy (non-hydrogen) atoms. The van der Waals surface area contributed by atoms with Gasteiger partial charge in [-0.1, -0.05) is 0 Å². The van der Waals surface area contributed by atoms with E-state index >= 15 is 0 Å². The van der Waals surface area contributed by atoms with Gasteiger partial charge in [0.2, 0.25) is 5.91 Å². The normalized spacial score (nSPS) is 11.7. The molecule has 1 aromatic rings. The fourth-order valence-electron chi connectivity index (χ4n) is 1.55. The minimum atomic E-state index is -1.09. The first kappa shape index (κ1) is 18.4. The van der Waals surface area contributed by atoms with Gasteiger partial charge in [-0.15, -0.1) is 0 Å². The van der Waals surface area contributed by atoms with Crippen LogP contribution in [-0.4, -0.2) is 28.1 Å². The van der Waals surface area contributed by atoms with Crippen molar-refractivity contribution in [3.63, 3.8) is 0 Å². The van der Waals surface area contributed by atoms with Crippen LogP contribution in [0.1, 0.15) is 40.3 Å². The van der Waals surface area contributed by atoms with E-state index in [-0.39, 0.29) is 12.5 Å². The van der Waals surface area contributed by atoms with Gasteiger partial charge in [0.05, 0.1) is 12.2 Å². The Kier molecular flexibility index (Phi) is 5.93. The van der Waals surface area contributed by atoms with Crippen LogP contribution >= 0.6 is 15.9 Å². The maximum Gasteiger partial charge on any atom is 0.408 e. The summed E-state index contributed by atoms with van der Waals surface area (Å²) in [4.78, 5) is 28.2. The van der Waals surface area contributed by atoms with Crippen molar-refractivity contribution in [1.82, 2.24) is 15.6 Å². The number of ether oxygens (including phenoxy) is 1. The molecular weight excluding hydrogens is 350 g/mol. The standard InChI is InChI=1S/C15H22BrN3O3/c1-14(2,3)22-13(21)19-15(4,5)12(20)18-9-11-10(16)7-6-8-17-11/h6-8H,9H2,1-5H3,(H,18,20)(H,19,21). The van der Waals surface area contributed by atoms with Crippen molar-refractivity contribution in [3.8, 4) is 0 Å².